The second-order valence-corrected chi connectivity index (χ2v) is 8.35. The molecule has 1 N–H and O–H groups in total. The fourth-order valence-corrected chi connectivity index (χ4v) is 4.02. The molecule has 154 valence electrons. The standard InChI is InChI=1S/C21H20N4O4S/c1-15-5-11-19(12-6-15)30(26,27)25-21(22-14-18-4-3-13-29-18)23-20(24-25)16-7-9-17(28-2)10-8-16/h3-13H,14H2,1-2H3,(H,22,23,24). The zero-order chi connectivity index (χ0) is 21.1. The van der Waals surface area contributed by atoms with Gasteiger partial charge in [0.15, 0.2) is 5.82 Å². The first-order chi connectivity index (χ1) is 14.5. The van der Waals surface area contributed by atoms with Crippen LogP contribution in [0.2, 0.25) is 0 Å². The number of ether oxygens (including phenoxy) is 1. The molecule has 0 amide bonds. The van der Waals surface area contributed by atoms with Crippen molar-refractivity contribution < 1.29 is 17.6 Å². The van der Waals surface area contributed by atoms with Crippen LogP contribution in [0.4, 0.5) is 5.95 Å². The van der Waals surface area contributed by atoms with Gasteiger partial charge in [0.05, 0.1) is 24.8 Å². The molecule has 4 rings (SSSR count). The van der Waals surface area contributed by atoms with Crippen LogP contribution in [0.3, 0.4) is 0 Å². The largest absolute Gasteiger partial charge is 0.497 e. The van der Waals surface area contributed by atoms with E-state index in [1.807, 2.05) is 6.92 Å². The number of aromatic nitrogens is 3. The highest BCUT2D eigenvalue weighted by molar-refractivity contribution is 7.90. The molecule has 0 aliphatic carbocycles. The lowest BCUT2D eigenvalue weighted by Crippen LogP contribution is -2.18. The highest BCUT2D eigenvalue weighted by atomic mass is 32.2. The Morgan fingerprint density at radius 2 is 1.80 bits per heavy atom. The van der Waals surface area contributed by atoms with Crippen molar-refractivity contribution in [1.29, 1.82) is 0 Å². The van der Waals surface area contributed by atoms with Gasteiger partial charge in [-0.1, -0.05) is 17.7 Å². The summed E-state index contributed by atoms with van der Waals surface area (Å²) < 4.78 is 37.9. The van der Waals surface area contributed by atoms with E-state index in [4.69, 9.17) is 9.15 Å². The monoisotopic (exact) mass is 424 g/mol. The van der Waals surface area contributed by atoms with Gasteiger partial charge in [-0.2, -0.15) is 13.4 Å². The number of furan rings is 1. The lowest BCUT2D eigenvalue weighted by molar-refractivity contribution is 0.415. The van der Waals surface area contributed by atoms with Crippen LogP contribution in [-0.2, 0) is 16.6 Å². The third-order valence-electron chi connectivity index (χ3n) is 4.47. The molecule has 0 aliphatic heterocycles. The van der Waals surface area contributed by atoms with Crippen LogP contribution in [0.25, 0.3) is 11.4 Å². The first kappa shape index (κ1) is 19.7. The SMILES string of the molecule is COc1ccc(-c2nc(NCc3ccco3)n(S(=O)(=O)c3ccc(C)cc3)n2)cc1. The Kier molecular flexibility index (Phi) is 5.28. The average molecular weight is 424 g/mol. The highest BCUT2D eigenvalue weighted by Gasteiger charge is 2.24. The van der Waals surface area contributed by atoms with Crippen LogP contribution < -0.4 is 10.1 Å². The number of benzene rings is 2. The predicted octanol–water partition coefficient (Wildman–Crippen LogP) is 3.70. The fraction of sp³-hybridized carbons (Fsp3) is 0.143. The predicted molar refractivity (Wildman–Crippen MR) is 112 cm³/mol. The molecule has 2 heterocycles. The van der Waals surface area contributed by atoms with Crippen molar-refractivity contribution in [2.24, 2.45) is 0 Å². The van der Waals surface area contributed by atoms with Crippen LogP contribution >= 0.6 is 0 Å². The van der Waals surface area contributed by atoms with Crippen molar-refractivity contribution in [2.45, 2.75) is 18.4 Å². The smallest absolute Gasteiger partial charge is 0.286 e. The minimum absolute atomic E-state index is 0.0952. The maximum atomic E-state index is 13.2. The molecule has 0 atom stereocenters. The topological polar surface area (TPSA) is 99.2 Å². The lowest BCUT2D eigenvalue weighted by atomic mass is 10.2. The van der Waals surface area contributed by atoms with Gasteiger partial charge in [0.1, 0.15) is 11.5 Å². The minimum Gasteiger partial charge on any atom is -0.497 e. The maximum Gasteiger partial charge on any atom is 0.286 e. The van der Waals surface area contributed by atoms with E-state index in [0.717, 1.165) is 9.65 Å². The van der Waals surface area contributed by atoms with Gasteiger partial charge in [-0.25, -0.2) is 0 Å². The summed E-state index contributed by atoms with van der Waals surface area (Å²) >= 11 is 0. The van der Waals surface area contributed by atoms with Crippen LogP contribution in [0.1, 0.15) is 11.3 Å². The third-order valence-corrected chi connectivity index (χ3v) is 6.05. The van der Waals surface area contributed by atoms with Gasteiger partial charge in [0, 0.05) is 5.56 Å². The molecule has 0 bridgehead atoms. The molecule has 30 heavy (non-hydrogen) atoms. The van der Waals surface area contributed by atoms with Crippen LogP contribution in [0.5, 0.6) is 5.75 Å². The Balaban J connectivity index is 1.75. The number of anilines is 1. The Hall–Kier alpha value is -3.59. The molecule has 2 aromatic carbocycles. The number of aryl methyl sites for hydroxylation is 1. The van der Waals surface area contributed by atoms with Gasteiger partial charge >= 0.3 is 0 Å². The summed E-state index contributed by atoms with van der Waals surface area (Å²) in [7, 11) is -2.38. The van der Waals surface area contributed by atoms with Crippen molar-refractivity contribution >= 4 is 16.0 Å². The van der Waals surface area contributed by atoms with Gasteiger partial charge < -0.3 is 14.5 Å². The van der Waals surface area contributed by atoms with Crippen molar-refractivity contribution in [1.82, 2.24) is 14.2 Å². The van der Waals surface area contributed by atoms with Crippen LogP contribution in [0.15, 0.2) is 76.2 Å². The van der Waals surface area contributed by atoms with Gasteiger partial charge in [-0.05, 0) is 55.5 Å². The normalized spacial score (nSPS) is 11.4. The second-order valence-electron chi connectivity index (χ2n) is 6.58. The molecule has 9 heteroatoms. The van der Waals surface area contributed by atoms with E-state index in [-0.39, 0.29) is 23.2 Å². The molecular formula is C21H20N4O4S. The van der Waals surface area contributed by atoms with Crippen molar-refractivity contribution in [3.8, 4) is 17.1 Å². The van der Waals surface area contributed by atoms with E-state index in [1.54, 1.807) is 74.0 Å². The number of methoxy groups -OCH3 is 1. The highest BCUT2D eigenvalue weighted by Crippen LogP contribution is 2.24. The fourth-order valence-electron chi connectivity index (χ4n) is 2.83. The Labute approximate surface area is 174 Å². The number of hydrogen-bond donors (Lipinski definition) is 1. The van der Waals surface area contributed by atoms with E-state index in [9.17, 15) is 8.42 Å². The quantitative estimate of drug-likeness (QED) is 0.483. The van der Waals surface area contributed by atoms with E-state index < -0.39 is 10.0 Å². The second kappa shape index (κ2) is 8.03. The number of rotatable bonds is 7. The van der Waals surface area contributed by atoms with Gasteiger partial charge in [-0.15, -0.1) is 9.19 Å². The van der Waals surface area contributed by atoms with Gasteiger partial charge in [-0.3, -0.25) is 0 Å². The molecule has 0 saturated carbocycles. The molecule has 8 nitrogen and oxygen atoms in total. The van der Waals surface area contributed by atoms with Crippen molar-refractivity contribution in [2.75, 3.05) is 12.4 Å². The molecule has 0 aliphatic rings. The molecular weight excluding hydrogens is 404 g/mol. The zero-order valence-corrected chi connectivity index (χ0v) is 17.3. The summed E-state index contributed by atoms with van der Waals surface area (Å²) in [6.07, 6.45) is 1.55. The molecule has 2 aromatic heterocycles. The summed E-state index contributed by atoms with van der Waals surface area (Å²) in [5, 5.41) is 7.30. The zero-order valence-electron chi connectivity index (χ0n) is 16.4. The number of hydrogen-bond acceptors (Lipinski definition) is 7. The summed E-state index contributed by atoms with van der Waals surface area (Å²) in [6.45, 7) is 2.15. The number of nitrogens with one attached hydrogen (secondary N) is 1. The molecule has 0 saturated heterocycles. The Morgan fingerprint density at radius 3 is 2.43 bits per heavy atom. The maximum absolute atomic E-state index is 13.2. The summed E-state index contributed by atoms with van der Waals surface area (Å²) in [4.78, 5) is 4.55. The molecule has 0 spiro atoms. The molecule has 0 radical (unpaired) electrons. The van der Waals surface area contributed by atoms with Crippen molar-refractivity contribution in [3.63, 3.8) is 0 Å². The minimum atomic E-state index is -3.95. The third kappa shape index (κ3) is 3.92. The van der Waals surface area contributed by atoms with E-state index >= 15 is 0 Å². The lowest BCUT2D eigenvalue weighted by Gasteiger charge is -2.08. The van der Waals surface area contributed by atoms with E-state index in [2.05, 4.69) is 15.4 Å². The summed E-state index contributed by atoms with van der Waals surface area (Å²) in [5.74, 6) is 1.69. The van der Waals surface area contributed by atoms with Gasteiger partial charge in [0.2, 0.25) is 5.95 Å². The van der Waals surface area contributed by atoms with Gasteiger partial charge in [0.25, 0.3) is 10.0 Å². The first-order valence-electron chi connectivity index (χ1n) is 9.17. The summed E-state index contributed by atoms with van der Waals surface area (Å²) in [5.41, 5.74) is 1.62. The molecule has 4 aromatic rings. The molecule has 0 fully saturated rings. The van der Waals surface area contributed by atoms with Crippen molar-refractivity contribution in [3.05, 3.63) is 78.3 Å². The average Bonchev–Trinajstić information content (AvgIpc) is 3.43. The molecule has 0 unspecified atom stereocenters. The van der Waals surface area contributed by atoms with Crippen LogP contribution in [-0.4, -0.2) is 29.7 Å². The Morgan fingerprint density at radius 1 is 1.07 bits per heavy atom. The first-order valence-corrected chi connectivity index (χ1v) is 10.6. The Bertz CT molecular complexity index is 1230. The van der Waals surface area contributed by atoms with E-state index in [0.29, 0.717) is 17.1 Å². The number of nitrogens with zero attached hydrogens (tertiary/aromatic N) is 3. The summed E-state index contributed by atoms with van der Waals surface area (Å²) in [6, 6.07) is 17.2. The van der Waals surface area contributed by atoms with Crippen LogP contribution in [0, 0.1) is 6.92 Å². The van der Waals surface area contributed by atoms with E-state index in [1.165, 1.54) is 0 Å².